The Bertz CT molecular complexity index is 936. The number of benzene rings is 1. The third kappa shape index (κ3) is 4.03. The summed E-state index contributed by atoms with van der Waals surface area (Å²) in [4.78, 5) is 22.7. The van der Waals surface area contributed by atoms with Gasteiger partial charge in [0.2, 0.25) is 17.6 Å². The van der Waals surface area contributed by atoms with Crippen LogP contribution in [0.15, 0.2) is 53.3 Å². The molecule has 0 unspecified atom stereocenters. The molecule has 0 spiro atoms. The minimum Gasteiger partial charge on any atom is -0.497 e. The summed E-state index contributed by atoms with van der Waals surface area (Å²) in [5, 5.41) is 4.02. The van der Waals surface area contributed by atoms with E-state index in [-0.39, 0.29) is 5.91 Å². The zero-order chi connectivity index (χ0) is 19.3. The number of methoxy groups -OCH3 is 1. The van der Waals surface area contributed by atoms with Crippen molar-refractivity contribution in [2.75, 3.05) is 20.2 Å². The molecule has 3 heterocycles. The number of nitrogens with zero attached hydrogens (tertiary/aromatic N) is 4. The van der Waals surface area contributed by atoms with Gasteiger partial charge in [-0.2, -0.15) is 4.98 Å². The fourth-order valence-corrected chi connectivity index (χ4v) is 3.31. The molecule has 28 heavy (non-hydrogen) atoms. The first-order valence-corrected chi connectivity index (χ1v) is 9.37. The maximum Gasteiger partial charge on any atom is 0.226 e. The van der Waals surface area contributed by atoms with Gasteiger partial charge in [-0.25, -0.2) is 0 Å². The van der Waals surface area contributed by atoms with Crippen molar-refractivity contribution in [2.45, 2.75) is 25.2 Å². The summed E-state index contributed by atoms with van der Waals surface area (Å²) in [6, 6.07) is 11.6. The molecule has 0 bridgehead atoms. The van der Waals surface area contributed by atoms with Crippen LogP contribution in [0.25, 0.3) is 11.4 Å². The highest BCUT2D eigenvalue weighted by molar-refractivity contribution is 5.77. The summed E-state index contributed by atoms with van der Waals surface area (Å²) in [6.45, 7) is 1.56. The van der Waals surface area contributed by atoms with E-state index in [2.05, 4.69) is 15.1 Å². The number of hydrogen-bond donors (Lipinski definition) is 0. The third-order valence-corrected chi connectivity index (χ3v) is 4.99. The Labute approximate surface area is 163 Å². The zero-order valence-corrected chi connectivity index (χ0v) is 15.7. The van der Waals surface area contributed by atoms with Crippen molar-refractivity contribution < 1.29 is 14.1 Å². The van der Waals surface area contributed by atoms with E-state index in [0.29, 0.717) is 36.9 Å². The molecule has 144 valence electrons. The monoisotopic (exact) mass is 378 g/mol. The van der Waals surface area contributed by atoms with Gasteiger partial charge in [0.05, 0.1) is 7.11 Å². The highest BCUT2D eigenvalue weighted by Gasteiger charge is 2.31. The third-order valence-electron chi connectivity index (χ3n) is 4.99. The molecule has 4 rings (SSSR count). The van der Waals surface area contributed by atoms with E-state index in [1.807, 2.05) is 41.3 Å². The second-order valence-corrected chi connectivity index (χ2v) is 6.87. The van der Waals surface area contributed by atoms with Gasteiger partial charge in [-0.3, -0.25) is 9.78 Å². The van der Waals surface area contributed by atoms with Crippen molar-refractivity contribution >= 4 is 5.91 Å². The molecular weight excluding hydrogens is 356 g/mol. The van der Waals surface area contributed by atoms with Crippen molar-refractivity contribution in [1.29, 1.82) is 0 Å². The van der Waals surface area contributed by atoms with Gasteiger partial charge in [0.25, 0.3) is 0 Å². The fourth-order valence-electron chi connectivity index (χ4n) is 3.31. The smallest absolute Gasteiger partial charge is 0.226 e. The standard InChI is InChI=1S/C21H22N4O3/c1-27-18-5-2-4-16(12-18)21-23-19(28-24-21)6-3-7-20(26)25-13-17(14-25)15-8-10-22-11-9-15/h2,4-5,8-12,17H,3,6-7,13-14H2,1H3. The minimum atomic E-state index is 0.179. The summed E-state index contributed by atoms with van der Waals surface area (Å²) in [6.07, 6.45) is 5.35. The second-order valence-electron chi connectivity index (χ2n) is 6.87. The highest BCUT2D eigenvalue weighted by Crippen LogP contribution is 2.27. The number of amides is 1. The molecule has 2 aromatic heterocycles. The molecule has 1 aliphatic rings. The Morgan fingerprint density at radius 3 is 2.86 bits per heavy atom. The Kier molecular flexibility index (Phi) is 5.32. The van der Waals surface area contributed by atoms with E-state index in [9.17, 15) is 4.79 Å². The fraction of sp³-hybridized carbons (Fsp3) is 0.333. The number of ether oxygens (including phenoxy) is 1. The van der Waals surface area contributed by atoms with Crippen molar-refractivity contribution in [1.82, 2.24) is 20.0 Å². The largest absolute Gasteiger partial charge is 0.497 e. The SMILES string of the molecule is COc1cccc(-c2noc(CCCC(=O)N3CC(c4ccncc4)C3)n2)c1. The molecule has 1 fully saturated rings. The molecule has 7 heteroatoms. The maximum atomic E-state index is 12.3. The first-order valence-electron chi connectivity index (χ1n) is 9.37. The lowest BCUT2D eigenvalue weighted by Crippen LogP contribution is -2.48. The number of aromatic nitrogens is 3. The predicted octanol–water partition coefficient (Wildman–Crippen LogP) is 3.09. The number of rotatable bonds is 7. The van der Waals surface area contributed by atoms with Crippen LogP contribution in [0.1, 0.15) is 30.2 Å². The molecule has 0 N–H and O–H groups in total. The molecule has 1 aliphatic heterocycles. The maximum absolute atomic E-state index is 12.3. The Balaban J connectivity index is 1.24. The van der Waals surface area contributed by atoms with Gasteiger partial charge in [0.15, 0.2) is 0 Å². The minimum absolute atomic E-state index is 0.179. The van der Waals surface area contributed by atoms with Crippen LogP contribution in [0, 0.1) is 0 Å². The molecule has 0 saturated carbocycles. The molecule has 1 saturated heterocycles. The van der Waals surface area contributed by atoms with E-state index in [0.717, 1.165) is 24.4 Å². The average molecular weight is 378 g/mol. The van der Waals surface area contributed by atoms with E-state index in [4.69, 9.17) is 9.26 Å². The molecular formula is C21H22N4O3. The number of likely N-dealkylation sites (tertiary alicyclic amines) is 1. The lowest BCUT2D eigenvalue weighted by Gasteiger charge is -2.39. The molecule has 0 radical (unpaired) electrons. The quantitative estimate of drug-likeness (QED) is 0.628. The zero-order valence-electron chi connectivity index (χ0n) is 15.7. The van der Waals surface area contributed by atoms with Crippen molar-refractivity contribution in [3.8, 4) is 17.1 Å². The number of carbonyl (C=O) groups excluding carboxylic acids is 1. The van der Waals surface area contributed by atoms with Crippen LogP contribution in [0.2, 0.25) is 0 Å². The van der Waals surface area contributed by atoms with Gasteiger partial charge in [0, 0.05) is 49.8 Å². The Hall–Kier alpha value is -3.22. The normalized spacial score (nSPS) is 14.0. The van der Waals surface area contributed by atoms with Gasteiger partial charge in [-0.1, -0.05) is 17.3 Å². The van der Waals surface area contributed by atoms with Gasteiger partial charge in [-0.15, -0.1) is 0 Å². The van der Waals surface area contributed by atoms with Crippen LogP contribution in [0.5, 0.6) is 5.75 Å². The summed E-state index contributed by atoms with van der Waals surface area (Å²) < 4.78 is 10.5. The number of carbonyl (C=O) groups is 1. The van der Waals surface area contributed by atoms with Crippen LogP contribution in [-0.4, -0.2) is 46.1 Å². The summed E-state index contributed by atoms with van der Waals surface area (Å²) in [5.41, 5.74) is 2.09. The van der Waals surface area contributed by atoms with Crippen LogP contribution >= 0.6 is 0 Å². The van der Waals surface area contributed by atoms with Crippen LogP contribution < -0.4 is 4.74 Å². The van der Waals surface area contributed by atoms with Gasteiger partial charge < -0.3 is 14.2 Å². The molecule has 0 aliphatic carbocycles. The molecule has 1 amide bonds. The van der Waals surface area contributed by atoms with Crippen LogP contribution in [0.3, 0.4) is 0 Å². The summed E-state index contributed by atoms with van der Waals surface area (Å²) in [5.74, 6) is 2.42. The number of aryl methyl sites for hydroxylation is 1. The summed E-state index contributed by atoms with van der Waals surface area (Å²) in [7, 11) is 1.62. The Morgan fingerprint density at radius 2 is 2.07 bits per heavy atom. The topological polar surface area (TPSA) is 81.4 Å². The van der Waals surface area contributed by atoms with Gasteiger partial charge in [0.1, 0.15) is 5.75 Å². The average Bonchev–Trinajstić information content (AvgIpc) is 3.17. The molecule has 3 aromatic rings. The highest BCUT2D eigenvalue weighted by atomic mass is 16.5. The summed E-state index contributed by atoms with van der Waals surface area (Å²) >= 11 is 0. The van der Waals surface area contributed by atoms with Crippen molar-refractivity contribution in [3.05, 3.63) is 60.2 Å². The molecule has 1 aromatic carbocycles. The molecule has 7 nitrogen and oxygen atoms in total. The lowest BCUT2D eigenvalue weighted by atomic mass is 9.92. The van der Waals surface area contributed by atoms with Crippen molar-refractivity contribution in [3.63, 3.8) is 0 Å². The van der Waals surface area contributed by atoms with Gasteiger partial charge >= 0.3 is 0 Å². The first kappa shape index (κ1) is 18.2. The lowest BCUT2D eigenvalue weighted by molar-refractivity contribution is -0.135. The van der Waals surface area contributed by atoms with E-state index in [1.165, 1.54) is 5.56 Å². The van der Waals surface area contributed by atoms with E-state index in [1.54, 1.807) is 19.5 Å². The van der Waals surface area contributed by atoms with E-state index < -0.39 is 0 Å². The number of pyridine rings is 1. The second kappa shape index (κ2) is 8.21. The Morgan fingerprint density at radius 1 is 1.25 bits per heavy atom. The molecule has 0 atom stereocenters. The van der Waals surface area contributed by atoms with Crippen LogP contribution in [0.4, 0.5) is 0 Å². The van der Waals surface area contributed by atoms with Crippen LogP contribution in [-0.2, 0) is 11.2 Å². The van der Waals surface area contributed by atoms with Gasteiger partial charge in [-0.05, 0) is 36.2 Å². The van der Waals surface area contributed by atoms with E-state index >= 15 is 0 Å². The number of hydrogen-bond acceptors (Lipinski definition) is 6. The van der Waals surface area contributed by atoms with Crippen molar-refractivity contribution in [2.24, 2.45) is 0 Å². The predicted molar refractivity (Wildman–Crippen MR) is 103 cm³/mol. The first-order chi connectivity index (χ1) is 13.7.